The van der Waals surface area contributed by atoms with Crippen LogP contribution in [0.2, 0.25) is 0 Å². The maximum absolute atomic E-state index is 10.0. The molecule has 0 rings (SSSR count). The lowest BCUT2D eigenvalue weighted by atomic mass is 10.1. The Balaban J connectivity index is 3.39. The summed E-state index contributed by atoms with van der Waals surface area (Å²) in [6.45, 7) is 2.02. The zero-order valence-corrected chi connectivity index (χ0v) is 7.58. The Bertz CT molecular complexity index is 159. The molecule has 0 radical (unpaired) electrons. The molecule has 0 aromatic carbocycles. The second kappa shape index (κ2) is 8.18. The lowest BCUT2D eigenvalue weighted by Gasteiger charge is -1.95. The number of hydrogen-bond donors (Lipinski definition) is 0. The van der Waals surface area contributed by atoms with Gasteiger partial charge in [-0.3, -0.25) is 0 Å². The van der Waals surface area contributed by atoms with Gasteiger partial charge in [-0.15, -0.1) is 0 Å². The molecule has 2 heteroatoms. The number of rotatable bonds is 7. The van der Waals surface area contributed by atoms with Crippen LogP contribution in [0.1, 0.15) is 39.0 Å². The van der Waals surface area contributed by atoms with Gasteiger partial charge in [0.1, 0.15) is 12.6 Å². The van der Waals surface area contributed by atoms with Gasteiger partial charge in [0.15, 0.2) is 0 Å². The Hall–Kier alpha value is -0.920. The number of allylic oxidation sites excluding steroid dienone is 2. The van der Waals surface area contributed by atoms with Crippen LogP contribution in [0.3, 0.4) is 0 Å². The third kappa shape index (κ3) is 7.19. The smallest absolute Gasteiger partial charge is 0.120 e. The zero-order chi connectivity index (χ0) is 9.23. The average molecular weight is 168 g/mol. The van der Waals surface area contributed by atoms with Crippen molar-refractivity contribution in [2.45, 2.75) is 39.0 Å². The van der Waals surface area contributed by atoms with Crippen LogP contribution in [0.15, 0.2) is 11.6 Å². The zero-order valence-electron chi connectivity index (χ0n) is 7.58. The Morgan fingerprint density at radius 3 is 2.33 bits per heavy atom. The summed E-state index contributed by atoms with van der Waals surface area (Å²) >= 11 is 0. The predicted molar refractivity (Wildman–Crippen MR) is 49.0 cm³/mol. The third-order valence-electron chi connectivity index (χ3n) is 1.68. The minimum absolute atomic E-state index is 0.607. The van der Waals surface area contributed by atoms with Crippen LogP contribution >= 0.6 is 0 Å². The molecule has 0 aromatic heterocycles. The molecule has 0 bridgehead atoms. The number of hydrogen-bond acceptors (Lipinski definition) is 2. The summed E-state index contributed by atoms with van der Waals surface area (Å²) < 4.78 is 0. The normalized spacial score (nSPS) is 11.2. The van der Waals surface area contributed by atoms with E-state index < -0.39 is 0 Å². The minimum Gasteiger partial charge on any atom is -0.303 e. The van der Waals surface area contributed by atoms with Gasteiger partial charge in [-0.1, -0.05) is 11.6 Å². The first-order valence-electron chi connectivity index (χ1n) is 4.34. The van der Waals surface area contributed by atoms with E-state index in [2.05, 4.69) is 6.08 Å². The number of carbonyl (C=O) groups excluding carboxylic acids is 2. The third-order valence-corrected chi connectivity index (χ3v) is 1.68. The molecule has 0 unspecified atom stereocenters. The molecule has 0 fully saturated rings. The van der Waals surface area contributed by atoms with E-state index in [1.165, 1.54) is 5.57 Å². The minimum atomic E-state index is 0.607. The highest BCUT2D eigenvalue weighted by molar-refractivity contribution is 5.50. The Morgan fingerprint density at radius 2 is 1.75 bits per heavy atom. The van der Waals surface area contributed by atoms with Crippen molar-refractivity contribution in [1.29, 1.82) is 0 Å². The molecule has 2 nitrogen and oxygen atoms in total. The standard InChI is InChI=1S/C10H16O2/c1-10(7-5-9-12)6-3-2-4-8-11/h6,8-9H,2-5,7H2,1H3/b10-6+. The van der Waals surface area contributed by atoms with E-state index >= 15 is 0 Å². The molecule has 68 valence electrons. The van der Waals surface area contributed by atoms with Gasteiger partial charge in [0.2, 0.25) is 0 Å². The summed E-state index contributed by atoms with van der Waals surface area (Å²) in [5, 5.41) is 0. The average Bonchev–Trinajstić information content (AvgIpc) is 2.09. The fraction of sp³-hybridized carbons (Fsp3) is 0.600. The van der Waals surface area contributed by atoms with Gasteiger partial charge < -0.3 is 9.59 Å². The Labute approximate surface area is 73.7 Å². The first-order valence-corrected chi connectivity index (χ1v) is 4.34. The Kier molecular flexibility index (Phi) is 7.55. The molecule has 0 atom stereocenters. The molecule has 0 aliphatic carbocycles. The molecule has 0 aliphatic heterocycles. The molecule has 0 spiro atoms. The first-order chi connectivity index (χ1) is 5.81. The molecule has 0 saturated heterocycles. The highest BCUT2D eigenvalue weighted by atomic mass is 16.1. The summed E-state index contributed by atoms with van der Waals surface area (Å²) in [5.41, 5.74) is 1.24. The lowest BCUT2D eigenvalue weighted by molar-refractivity contribution is -0.108. The van der Waals surface area contributed by atoms with Crippen molar-refractivity contribution in [2.24, 2.45) is 0 Å². The van der Waals surface area contributed by atoms with Crippen molar-refractivity contribution in [3.05, 3.63) is 11.6 Å². The number of aldehydes is 2. The van der Waals surface area contributed by atoms with Crippen molar-refractivity contribution in [3.8, 4) is 0 Å². The monoisotopic (exact) mass is 168 g/mol. The second-order valence-corrected chi connectivity index (χ2v) is 2.85. The van der Waals surface area contributed by atoms with Gasteiger partial charge >= 0.3 is 0 Å². The maximum atomic E-state index is 10.0. The van der Waals surface area contributed by atoms with Crippen molar-refractivity contribution >= 4 is 12.6 Å². The van der Waals surface area contributed by atoms with Crippen LogP contribution in [0.5, 0.6) is 0 Å². The molecule has 0 aromatic rings. The molecule has 0 N–H and O–H groups in total. The molecular weight excluding hydrogens is 152 g/mol. The highest BCUT2D eigenvalue weighted by Gasteiger charge is 1.89. The van der Waals surface area contributed by atoms with E-state index in [-0.39, 0.29) is 0 Å². The van der Waals surface area contributed by atoms with E-state index in [1.54, 1.807) is 0 Å². The Morgan fingerprint density at radius 1 is 1.08 bits per heavy atom. The topological polar surface area (TPSA) is 34.1 Å². The highest BCUT2D eigenvalue weighted by Crippen LogP contribution is 2.05. The van der Waals surface area contributed by atoms with Gasteiger partial charge in [0.25, 0.3) is 0 Å². The predicted octanol–water partition coefficient (Wildman–Crippen LogP) is 2.28. The first kappa shape index (κ1) is 11.1. The van der Waals surface area contributed by atoms with Gasteiger partial charge in [-0.05, 0) is 26.2 Å². The molecule has 0 amide bonds. The van der Waals surface area contributed by atoms with Crippen molar-refractivity contribution in [3.63, 3.8) is 0 Å². The summed E-state index contributed by atoms with van der Waals surface area (Å²) in [6, 6.07) is 0. The maximum Gasteiger partial charge on any atom is 0.120 e. The molecule has 0 heterocycles. The largest absolute Gasteiger partial charge is 0.303 e. The van der Waals surface area contributed by atoms with E-state index in [0.717, 1.165) is 31.8 Å². The van der Waals surface area contributed by atoms with Crippen LogP contribution in [-0.2, 0) is 9.59 Å². The van der Waals surface area contributed by atoms with Crippen molar-refractivity contribution in [1.82, 2.24) is 0 Å². The van der Waals surface area contributed by atoms with Crippen LogP contribution in [-0.4, -0.2) is 12.6 Å². The van der Waals surface area contributed by atoms with Gasteiger partial charge in [0, 0.05) is 12.8 Å². The SMILES string of the molecule is C/C(=C\CCCC=O)CCC=O. The van der Waals surface area contributed by atoms with E-state index in [1.807, 2.05) is 6.92 Å². The summed E-state index contributed by atoms with van der Waals surface area (Å²) in [4.78, 5) is 20.0. The summed E-state index contributed by atoms with van der Waals surface area (Å²) in [5.74, 6) is 0. The van der Waals surface area contributed by atoms with E-state index in [9.17, 15) is 9.59 Å². The van der Waals surface area contributed by atoms with Crippen molar-refractivity contribution < 1.29 is 9.59 Å². The van der Waals surface area contributed by atoms with E-state index in [0.29, 0.717) is 12.8 Å². The second-order valence-electron chi connectivity index (χ2n) is 2.85. The lowest BCUT2D eigenvalue weighted by Crippen LogP contribution is -1.81. The van der Waals surface area contributed by atoms with Crippen LogP contribution in [0, 0.1) is 0 Å². The molecule has 0 saturated carbocycles. The van der Waals surface area contributed by atoms with Crippen LogP contribution in [0.4, 0.5) is 0 Å². The van der Waals surface area contributed by atoms with Gasteiger partial charge in [-0.2, -0.15) is 0 Å². The fourth-order valence-corrected chi connectivity index (χ4v) is 0.938. The number of carbonyl (C=O) groups is 2. The van der Waals surface area contributed by atoms with E-state index in [4.69, 9.17) is 0 Å². The quantitative estimate of drug-likeness (QED) is 0.332. The number of unbranched alkanes of at least 4 members (excludes halogenated alkanes) is 2. The van der Waals surface area contributed by atoms with Crippen LogP contribution < -0.4 is 0 Å². The summed E-state index contributed by atoms with van der Waals surface area (Å²) in [7, 11) is 0. The molecule has 0 aliphatic rings. The van der Waals surface area contributed by atoms with Gasteiger partial charge in [-0.25, -0.2) is 0 Å². The fourth-order valence-electron chi connectivity index (χ4n) is 0.938. The van der Waals surface area contributed by atoms with Crippen molar-refractivity contribution in [2.75, 3.05) is 0 Å². The molecule has 12 heavy (non-hydrogen) atoms. The summed E-state index contributed by atoms with van der Waals surface area (Å²) in [6.07, 6.45) is 7.94. The molecular formula is C10H16O2. The van der Waals surface area contributed by atoms with Crippen LogP contribution in [0.25, 0.3) is 0 Å². The van der Waals surface area contributed by atoms with Gasteiger partial charge in [0.05, 0.1) is 0 Å².